The van der Waals surface area contributed by atoms with Crippen LogP contribution in [0.25, 0.3) is 6.08 Å². The summed E-state index contributed by atoms with van der Waals surface area (Å²) in [6.07, 6.45) is 2.97. The molecule has 0 aliphatic carbocycles. The van der Waals surface area contributed by atoms with E-state index in [1.54, 1.807) is 19.9 Å². The monoisotopic (exact) mass is 466 g/mol. The highest BCUT2D eigenvalue weighted by molar-refractivity contribution is 5.95. The van der Waals surface area contributed by atoms with Gasteiger partial charge < -0.3 is 20.1 Å². The van der Waals surface area contributed by atoms with Crippen molar-refractivity contribution in [1.82, 2.24) is 20.4 Å². The lowest BCUT2D eigenvalue weighted by Crippen LogP contribution is -2.50. The topological polar surface area (TPSA) is 112 Å². The maximum Gasteiger partial charge on any atom is 0.338 e. The van der Waals surface area contributed by atoms with Gasteiger partial charge in [0, 0.05) is 17.3 Å². The Morgan fingerprint density at radius 2 is 1.85 bits per heavy atom. The molecule has 1 aliphatic rings. The van der Waals surface area contributed by atoms with Crippen LogP contribution in [0.5, 0.6) is 0 Å². The minimum atomic E-state index is -0.610. The molecule has 0 radical (unpaired) electrons. The van der Waals surface area contributed by atoms with Crippen molar-refractivity contribution in [3.8, 4) is 0 Å². The third kappa shape index (κ3) is 5.92. The van der Waals surface area contributed by atoms with E-state index in [4.69, 9.17) is 9.47 Å². The molecule has 0 saturated carbocycles. The van der Waals surface area contributed by atoms with Crippen LogP contribution in [0.3, 0.4) is 0 Å². The van der Waals surface area contributed by atoms with Gasteiger partial charge in [0.15, 0.2) is 0 Å². The predicted molar refractivity (Wildman–Crippen MR) is 127 cm³/mol. The number of nitrogens with zero attached hydrogens (tertiary/aromatic N) is 2. The number of amides is 2. The molecule has 0 fully saturated rings. The van der Waals surface area contributed by atoms with E-state index in [2.05, 4.69) is 40.0 Å². The van der Waals surface area contributed by atoms with Gasteiger partial charge in [0.05, 0.1) is 36.2 Å². The van der Waals surface area contributed by atoms with Crippen LogP contribution in [-0.2, 0) is 25.6 Å². The lowest BCUT2D eigenvalue weighted by Gasteiger charge is -2.26. The van der Waals surface area contributed by atoms with E-state index in [0.29, 0.717) is 6.54 Å². The predicted octanol–water partition coefficient (Wildman–Crippen LogP) is 2.93. The number of carbonyl (C=O) groups excluding carboxylic acids is 3. The minimum Gasteiger partial charge on any atom is -0.463 e. The van der Waals surface area contributed by atoms with Crippen LogP contribution < -0.4 is 10.6 Å². The second kappa shape index (κ2) is 10.8. The number of urea groups is 1. The Morgan fingerprint density at radius 1 is 1.15 bits per heavy atom. The smallest absolute Gasteiger partial charge is 0.338 e. The maximum atomic E-state index is 12.4. The molecule has 2 aromatic rings. The first-order valence-corrected chi connectivity index (χ1v) is 11.1. The van der Waals surface area contributed by atoms with Crippen LogP contribution >= 0.6 is 0 Å². The second-order valence-electron chi connectivity index (χ2n) is 8.10. The highest BCUT2D eigenvalue weighted by atomic mass is 16.5. The van der Waals surface area contributed by atoms with Crippen molar-refractivity contribution < 1.29 is 23.9 Å². The number of nitrogens with one attached hydrogen (secondary N) is 2. The molecule has 0 spiro atoms. The standard InChI is InChI=1S/C25H30N4O5/c1-6-33-24(31)23-17(4)26-25(32)27-21(23)14-34-22(30)12-11-20-16(3)28-29(18(20)5)13-19-9-7-15(2)8-10-19/h7-12,17H,6,13-14H2,1-5H3,(H2,26,27,32)/b12-11+. The number of carbonyl (C=O) groups is 3. The number of hydrogen-bond acceptors (Lipinski definition) is 6. The van der Waals surface area contributed by atoms with Gasteiger partial charge in [-0.1, -0.05) is 29.8 Å². The number of aryl methyl sites for hydroxylation is 2. The molecule has 2 amide bonds. The molecule has 1 aromatic carbocycles. The van der Waals surface area contributed by atoms with Crippen LogP contribution in [0.4, 0.5) is 4.79 Å². The molecule has 1 aliphatic heterocycles. The van der Waals surface area contributed by atoms with Gasteiger partial charge in [-0.15, -0.1) is 0 Å². The highest BCUT2D eigenvalue weighted by Gasteiger charge is 2.30. The van der Waals surface area contributed by atoms with Crippen LogP contribution in [0.15, 0.2) is 41.6 Å². The summed E-state index contributed by atoms with van der Waals surface area (Å²) in [6, 6.07) is 7.21. The fourth-order valence-electron chi connectivity index (χ4n) is 3.71. The van der Waals surface area contributed by atoms with Crippen molar-refractivity contribution in [1.29, 1.82) is 0 Å². The Balaban J connectivity index is 1.69. The van der Waals surface area contributed by atoms with Gasteiger partial charge in [0.2, 0.25) is 0 Å². The molecule has 9 heteroatoms. The Hall–Kier alpha value is -3.88. The number of benzene rings is 1. The Kier molecular flexibility index (Phi) is 7.88. The summed E-state index contributed by atoms with van der Waals surface area (Å²) in [5.74, 6) is -1.18. The minimum absolute atomic E-state index is 0.190. The molecule has 0 bridgehead atoms. The van der Waals surface area contributed by atoms with Crippen molar-refractivity contribution in [3.05, 3.63) is 69.7 Å². The highest BCUT2D eigenvalue weighted by Crippen LogP contribution is 2.18. The molecule has 1 unspecified atom stereocenters. The second-order valence-corrected chi connectivity index (χ2v) is 8.10. The van der Waals surface area contributed by atoms with Gasteiger partial charge in [-0.3, -0.25) is 4.68 Å². The summed E-state index contributed by atoms with van der Waals surface area (Å²) < 4.78 is 12.2. The van der Waals surface area contributed by atoms with E-state index < -0.39 is 24.0 Å². The van der Waals surface area contributed by atoms with Gasteiger partial charge in [-0.05, 0) is 46.3 Å². The van der Waals surface area contributed by atoms with Crippen molar-refractivity contribution in [2.45, 2.75) is 47.2 Å². The fraction of sp³-hybridized carbons (Fsp3) is 0.360. The first-order chi connectivity index (χ1) is 16.2. The van der Waals surface area contributed by atoms with Gasteiger partial charge in [0.25, 0.3) is 0 Å². The normalized spacial score (nSPS) is 15.8. The quantitative estimate of drug-likeness (QED) is 0.457. The molecule has 1 atom stereocenters. The molecule has 9 nitrogen and oxygen atoms in total. The van der Waals surface area contributed by atoms with E-state index >= 15 is 0 Å². The number of hydrogen-bond donors (Lipinski definition) is 2. The summed E-state index contributed by atoms with van der Waals surface area (Å²) in [7, 11) is 0. The van der Waals surface area contributed by atoms with Gasteiger partial charge in [-0.25, -0.2) is 14.4 Å². The zero-order valence-corrected chi connectivity index (χ0v) is 20.1. The zero-order valence-electron chi connectivity index (χ0n) is 20.1. The van der Waals surface area contributed by atoms with Crippen LogP contribution in [0, 0.1) is 20.8 Å². The molecule has 1 aromatic heterocycles. The average Bonchev–Trinajstić information content (AvgIpc) is 3.04. The van der Waals surface area contributed by atoms with Crippen molar-refractivity contribution in [2.75, 3.05) is 13.2 Å². The van der Waals surface area contributed by atoms with Crippen molar-refractivity contribution in [3.63, 3.8) is 0 Å². The lowest BCUT2D eigenvalue weighted by atomic mass is 10.0. The van der Waals surface area contributed by atoms with Crippen molar-refractivity contribution >= 4 is 24.0 Å². The Bertz CT molecular complexity index is 1140. The Labute approximate surface area is 198 Å². The summed E-state index contributed by atoms with van der Waals surface area (Å²) >= 11 is 0. The summed E-state index contributed by atoms with van der Waals surface area (Å²) in [6.45, 7) is 9.77. The van der Waals surface area contributed by atoms with E-state index in [1.165, 1.54) is 11.6 Å². The summed E-state index contributed by atoms with van der Waals surface area (Å²) in [5, 5.41) is 9.71. The largest absolute Gasteiger partial charge is 0.463 e. The number of ether oxygens (including phenoxy) is 2. The summed E-state index contributed by atoms with van der Waals surface area (Å²) in [4.78, 5) is 36.5. The van der Waals surface area contributed by atoms with Gasteiger partial charge in [0.1, 0.15) is 6.61 Å². The molecule has 34 heavy (non-hydrogen) atoms. The van der Waals surface area contributed by atoms with E-state index in [-0.39, 0.29) is 24.5 Å². The maximum absolute atomic E-state index is 12.4. The lowest BCUT2D eigenvalue weighted by molar-refractivity contribution is -0.140. The van der Waals surface area contributed by atoms with Crippen LogP contribution in [0.2, 0.25) is 0 Å². The van der Waals surface area contributed by atoms with E-state index in [9.17, 15) is 14.4 Å². The Morgan fingerprint density at radius 3 is 2.53 bits per heavy atom. The molecular formula is C25H30N4O5. The number of esters is 2. The number of rotatable bonds is 8. The molecule has 2 N–H and O–H groups in total. The fourth-order valence-corrected chi connectivity index (χ4v) is 3.71. The third-order valence-corrected chi connectivity index (χ3v) is 5.50. The molecule has 180 valence electrons. The molecule has 3 rings (SSSR count). The average molecular weight is 467 g/mol. The molecule has 2 heterocycles. The third-order valence-electron chi connectivity index (χ3n) is 5.50. The number of aromatic nitrogens is 2. The van der Waals surface area contributed by atoms with Gasteiger partial charge in [-0.2, -0.15) is 5.10 Å². The molecular weight excluding hydrogens is 436 g/mol. The first kappa shape index (κ1) is 24.8. The van der Waals surface area contributed by atoms with Gasteiger partial charge >= 0.3 is 18.0 Å². The zero-order chi connectivity index (χ0) is 24.8. The SMILES string of the molecule is CCOC(=O)C1=C(COC(=O)/C=C/c2c(C)nn(Cc3ccc(C)cc3)c2C)NC(=O)NC1C. The summed E-state index contributed by atoms with van der Waals surface area (Å²) in [5.41, 5.74) is 5.31. The van der Waals surface area contributed by atoms with E-state index in [1.807, 2.05) is 25.5 Å². The van der Waals surface area contributed by atoms with Crippen LogP contribution in [0.1, 0.15) is 41.9 Å². The molecule has 0 saturated heterocycles. The first-order valence-electron chi connectivity index (χ1n) is 11.1. The van der Waals surface area contributed by atoms with Crippen LogP contribution in [-0.4, -0.2) is 47.0 Å². The van der Waals surface area contributed by atoms with Crippen molar-refractivity contribution in [2.24, 2.45) is 0 Å². The van der Waals surface area contributed by atoms with E-state index in [0.717, 1.165) is 22.5 Å².